The number of ether oxygens (including phenoxy) is 1. The van der Waals surface area contributed by atoms with E-state index >= 15 is 0 Å². The quantitative estimate of drug-likeness (QED) is 0.765. The van der Waals surface area contributed by atoms with Crippen LogP contribution in [0.1, 0.15) is 60.3 Å². The molecule has 1 spiro atoms. The lowest BCUT2D eigenvalue weighted by molar-refractivity contribution is 0.0191. The molecule has 0 radical (unpaired) electrons. The van der Waals surface area contributed by atoms with Crippen LogP contribution in [0.4, 0.5) is 4.39 Å². The van der Waals surface area contributed by atoms with Crippen LogP contribution in [0, 0.1) is 11.2 Å². The molecule has 0 unspecified atom stereocenters. The number of amides is 1. The van der Waals surface area contributed by atoms with E-state index in [9.17, 15) is 9.18 Å². The number of hydrogen-bond donors (Lipinski definition) is 0. The molecule has 5 nitrogen and oxygen atoms in total. The van der Waals surface area contributed by atoms with E-state index in [4.69, 9.17) is 4.74 Å². The molecule has 0 aliphatic carbocycles. The van der Waals surface area contributed by atoms with Crippen molar-refractivity contribution in [1.29, 1.82) is 0 Å². The molecule has 2 saturated heterocycles. The van der Waals surface area contributed by atoms with Crippen LogP contribution < -0.4 is 0 Å². The minimum Gasteiger partial charge on any atom is -0.381 e. The molecular weight excluding hydrogens is 369 g/mol. The number of nitrogens with zero attached hydrogens (tertiary/aromatic N) is 3. The van der Waals surface area contributed by atoms with Crippen LogP contribution in [0.3, 0.4) is 0 Å². The molecule has 0 bridgehead atoms. The third-order valence-electron chi connectivity index (χ3n) is 6.47. The Balaban J connectivity index is 1.33. The van der Waals surface area contributed by atoms with Crippen LogP contribution in [0.15, 0.2) is 36.7 Å². The Morgan fingerprint density at radius 2 is 1.93 bits per heavy atom. The van der Waals surface area contributed by atoms with Crippen LogP contribution in [0.5, 0.6) is 0 Å². The second-order valence-electron chi connectivity index (χ2n) is 8.44. The molecule has 1 aromatic carbocycles. The molecular formula is C23H28FN3O2. The number of benzene rings is 1. The second kappa shape index (κ2) is 8.57. The maximum atomic E-state index is 13.9. The standard InChI is InChI=1S/C23H28FN3O2/c1-17(19-4-2-3-5-20(19)24)6-7-21-25-14-18(15-26-21)22(28)27-11-8-23(16-27)9-12-29-13-10-23/h2-5,14-15,17H,6-13,16H2,1H3/t17-/m1/s1. The fraction of sp³-hybridized carbons (Fsp3) is 0.522. The van der Waals surface area contributed by atoms with Crippen LogP contribution >= 0.6 is 0 Å². The zero-order chi connectivity index (χ0) is 20.3. The fourth-order valence-corrected chi connectivity index (χ4v) is 4.47. The molecule has 2 aromatic rings. The predicted molar refractivity (Wildman–Crippen MR) is 108 cm³/mol. The van der Waals surface area contributed by atoms with Crippen molar-refractivity contribution < 1.29 is 13.9 Å². The number of rotatable bonds is 5. The lowest BCUT2D eigenvalue weighted by Crippen LogP contribution is -2.35. The van der Waals surface area contributed by atoms with E-state index in [1.165, 1.54) is 6.07 Å². The summed E-state index contributed by atoms with van der Waals surface area (Å²) in [5.41, 5.74) is 1.49. The first-order chi connectivity index (χ1) is 14.1. The van der Waals surface area contributed by atoms with Crippen LogP contribution in [0.2, 0.25) is 0 Å². The van der Waals surface area contributed by atoms with Gasteiger partial charge in [-0.1, -0.05) is 25.1 Å². The Morgan fingerprint density at radius 3 is 2.66 bits per heavy atom. The number of aromatic nitrogens is 2. The normalized spacial score (nSPS) is 19.4. The lowest BCUT2D eigenvalue weighted by atomic mass is 9.80. The van der Waals surface area contributed by atoms with Crippen molar-refractivity contribution in [3.63, 3.8) is 0 Å². The van der Waals surface area contributed by atoms with Crippen LogP contribution in [-0.4, -0.2) is 47.1 Å². The van der Waals surface area contributed by atoms with Gasteiger partial charge in [0.05, 0.1) is 5.56 Å². The second-order valence-corrected chi connectivity index (χ2v) is 8.44. The van der Waals surface area contributed by atoms with Crippen LogP contribution in [-0.2, 0) is 11.2 Å². The molecule has 1 atom stereocenters. The first kappa shape index (κ1) is 20.0. The van der Waals surface area contributed by atoms with E-state index < -0.39 is 0 Å². The number of halogens is 1. The highest BCUT2D eigenvalue weighted by Gasteiger charge is 2.41. The van der Waals surface area contributed by atoms with Gasteiger partial charge in [-0.05, 0) is 48.6 Å². The van der Waals surface area contributed by atoms with E-state index in [0.717, 1.165) is 57.6 Å². The van der Waals surface area contributed by atoms with Gasteiger partial charge >= 0.3 is 0 Å². The molecule has 3 heterocycles. The van der Waals surface area contributed by atoms with Crippen molar-refractivity contribution in [2.75, 3.05) is 26.3 Å². The zero-order valence-corrected chi connectivity index (χ0v) is 16.9. The Bertz CT molecular complexity index is 849. The maximum absolute atomic E-state index is 13.9. The highest BCUT2D eigenvalue weighted by molar-refractivity contribution is 5.93. The minimum absolute atomic E-state index is 0.0136. The first-order valence-corrected chi connectivity index (χ1v) is 10.5. The summed E-state index contributed by atoms with van der Waals surface area (Å²) in [5.74, 6) is 0.614. The third-order valence-corrected chi connectivity index (χ3v) is 6.47. The predicted octanol–water partition coefficient (Wildman–Crippen LogP) is 3.99. The number of likely N-dealkylation sites (tertiary alicyclic amines) is 1. The summed E-state index contributed by atoms with van der Waals surface area (Å²) >= 11 is 0. The third kappa shape index (κ3) is 4.47. The molecule has 0 N–H and O–H groups in total. The van der Waals surface area contributed by atoms with Crippen molar-refractivity contribution in [3.8, 4) is 0 Å². The average molecular weight is 397 g/mol. The number of carbonyl (C=O) groups is 1. The van der Waals surface area contributed by atoms with Crippen molar-refractivity contribution in [1.82, 2.24) is 14.9 Å². The van der Waals surface area contributed by atoms with E-state index in [0.29, 0.717) is 17.8 Å². The minimum atomic E-state index is -0.172. The van der Waals surface area contributed by atoms with E-state index in [2.05, 4.69) is 9.97 Å². The van der Waals surface area contributed by atoms with E-state index in [-0.39, 0.29) is 23.1 Å². The van der Waals surface area contributed by atoms with Crippen molar-refractivity contribution >= 4 is 5.91 Å². The molecule has 6 heteroatoms. The maximum Gasteiger partial charge on any atom is 0.257 e. The first-order valence-electron chi connectivity index (χ1n) is 10.5. The SMILES string of the molecule is C[C@H](CCc1ncc(C(=O)N2CCC3(CCOCC3)C2)cn1)c1ccccc1F. The average Bonchev–Trinajstić information content (AvgIpc) is 3.16. The van der Waals surface area contributed by atoms with Gasteiger partial charge in [-0.25, -0.2) is 14.4 Å². The lowest BCUT2D eigenvalue weighted by Gasteiger charge is -2.33. The highest BCUT2D eigenvalue weighted by atomic mass is 19.1. The van der Waals surface area contributed by atoms with Gasteiger partial charge in [-0.15, -0.1) is 0 Å². The molecule has 0 saturated carbocycles. The number of aryl methyl sites for hydroxylation is 1. The molecule has 2 aliphatic heterocycles. The van der Waals surface area contributed by atoms with Gasteiger partial charge in [-0.2, -0.15) is 0 Å². The van der Waals surface area contributed by atoms with Gasteiger partial charge < -0.3 is 9.64 Å². The Hall–Kier alpha value is -2.34. The zero-order valence-electron chi connectivity index (χ0n) is 16.9. The van der Waals surface area contributed by atoms with Crippen molar-refractivity contribution in [3.05, 3.63) is 59.4 Å². The van der Waals surface area contributed by atoms with Gasteiger partial charge in [0.15, 0.2) is 0 Å². The van der Waals surface area contributed by atoms with E-state index in [1.807, 2.05) is 24.0 Å². The van der Waals surface area contributed by atoms with Crippen molar-refractivity contribution in [2.24, 2.45) is 5.41 Å². The fourth-order valence-electron chi connectivity index (χ4n) is 4.47. The smallest absolute Gasteiger partial charge is 0.257 e. The summed E-state index contributed by atoms with van der Waals surface area (Å²) in [4.78, 5) is 23.6. The summed E-state index contributed by atoms with van der Waals surface area (Å²) in [6.45, 7) is 5.20. The van der Waals surface area contributed by atoms with Gasteiger partial charge in [0.2, 0.25) is 0 Å². The number of carbonyl (C=O) groups excluding carboxylic acids is 1. The molecule has 2 aliphatic rings. The molecule has 2 fully saturated rings. The topological polar surface area (TPSA) is 55.3 Å². The Labute approximate surface area is 171 Å². The molecule has 4 rings (SSSR count). The Morgan fingerprint density at radius 1 is 1.21 bits per heavy atom. The molecule has 29 heavy (non-hydrogen) atoms. The van der Waals surface area contributed by atoms with E-state index in [1.54, 1.807) is 18.5 Å². The molecule has 1 amide bonds. The van der Waals surface area contributed by atoms with Crippen LogP contribution in [0.25, 0.3) is 0 Å². The molecule has 1 aromatic heterocycles. The highest BCUT2D eigenvalue weighted by Crippen LogP contribution is 2.40. The molecule has 154 valence electrons. The van der Waals surface area contributed by atoms with Crippen molar-refractivity contribution in [2.45, 2.75) is 44.9 Å². The van der Waals surface area contributed by atoms with Gasteiger partial charge in [-0.3, -0.25) is 4.79 Å². The Kier molecular flexibility index (Phi) is 5.90. The largest absolute Gasteiger partial charge is 0.381 e. The van der Waals surface area contributed by atoms with Gasteiger partial charge in [0, 0.05) is 45.1 Å². The monoisotopic (exact) mass is 397 g/mol. The summed E-state index contributed by atoms with van der Waals surface area (Å²) in [6.07, 6.45) is 7.79. The summed E-state index contributed by atoms with van der Waals surface area (Å²) < 4.78 is 19.4. The summed E-state index contributed by atoms with van der Waals surface area (Å²) in [6, 6.07) is 6.87. The van der Waals surface area contributed by atoms with Gasteiger partial charge in [0.25, 0.3) is 5.91 Å². The number of hydrogen-bond acceptors (Lipinski definition) is 4. The van der Waals surface area contributed by atoms with Gasteiger partial charge in [0.1, 0.15) is 11.6 Å². The summed E-state index contributed by atoms with van der Waals surface area (Å²) in [5, 5.41) is 0. The summed E-state index contributed by atoms with van der Waals surface area (Å²) in [7, 11) is 0.